The lowest BCUT2D eigenvalue weighted by Gasteiger charge is -2.04. The van der Waals surface area contributed by atoms with Crippen molar-refractivity contribution in [2.24, 2.45) is 0 Å². The largest absolute Gasteiger partial charge is 0.395 e. The van der Waals surface area contributed by atoms with Gasteiger partial charge >= 0.3 is 6.18 Å². The lowest BCUT2D eigenvalue weighted by molar-refractivity contribution is -0.127. The molecule has 0 aliphatic heterocycles. The Labute approximate surface area is 90.3 Å². The van der Waals surface area contributed by atoms with Gasteiger partial charge in [-0.05, 0) is 12.8 Å². The number of alkyl halides is 3. The highest BCUT2D eigenvalue weighted by Crippen LogP contribution is 2.35. The third-order valence-electron chi connectivity index (χ3n) is 2.69. The van der Waals surface area contributed by atoms with E-state index in [9.17, 15) is 13.2 Å². The van der Waals surface area contributed by atoms with Crippen molar-refractivity contribution >= 4 is 11.3 Å². The van der Waals surface area contributed by atoms with Gasteiger partial charge in [0.25, 0.3) is 0 Å². The van der Waals surface area contributed by atoms with Gasteiger partial charge in [0, 0.05) is 11.3 Å². The minimum absolute atomic E-state index is 0.199. The molecule has 1 nitrogen and oxygen atoms in total. The predicted octanol–water partition coefficient (Wildman–Crippen LogP) is 3.91. The van der Waals surface area contributed by atoms with Crippen LogP contribution in [0.4, 0.5) is 13.2 Å². The average Bonchev–Trinajstić information content (AvgIpc) is 2.68. The normalized spacial score (nSPS) is 18.6. The van der Waals surface area contributed by atoms with Gasteiger partial charge in [-0.15, -0.1) is 11.3 Å². The van der Waals surface area contributed by atoms with Crippen LogP contribution in [0.25, 0.3) is 0 Å². The quantitative estimate of drug-likeness (QED) is 0.757. The number of hydrogen-bond acceptors (Lipinski definition) is 2. The first kappa shape index (κ1) is 10.9. The SMILES string of the molecule is FC(F)(F)Cc1nc(C2CCCC2)cs1. The van der Waals surface area contributed by atoms with Crippen LogP contribution in [0.1, 0.15) is 42.3 Å². The first-order chi connectivity index (χ1) is 7.04. The molecule has 1 aliphatic rings. The predicted molar refractivity (Wildman–Crippen MR) is 53.1 cm³/mol. The molecule has 84 valence electrons. The van der Waals surface area contributed by atoms with E-state index in [0.717, 1.165) is 29.9 Å². The van der Waals surface area contributed by atoms with Crippen molar-refractivity contribution in [1.82, 2.24) is 4.98 Å². The Kier molecular flexibility index (Phi) is 3.00. The maximum atomic E-state index is 12.1. The molecule has 1 aromatic heterocycles. The van der Waals surface area contributed by atoms with E-state index in [1.54, 1.807) is 5.38 Å². The second-order valence-electron chi connectivity index (χ2n) is 3.94. The summed E-state index contributed by atoms with van der Waals surface area (Å²) in [4.78, 5) is 4.08. The standard InChI is InChI=1S/C10H12F3NS/c11-10(12,13)5-9-14-8(6-15-9)7-3-1-2-4-7/h6-7H,1-5H2. The number of aromatic nitrogens is 1. The number of thiazole rings is 1. The number of halogens is 3. The highest BCUT2D eigenvalue weighted by molar-refractivity contribution is 7.09. The Balaban J connectivity index is 2.03. The number of rotatable bonds is 2. The Morgan fingerprint density at radius 2 is 2.00 bits per heavy atom. The second kappa shape index (κ2) is 4.12. The lowest BCUT2D eigenvalue weighted by Crippen LogP contribution is -2.11. The fourth-order valence-corrected chi connectivity index (χ4v) is 2.89. The van der Waals surface area contributed by atoms with Crippen molar-refractivity contribution in [3.63, 3.8) is 0 Å². The molecule has 0 amide bonds. The first-order valence-corrected chi connectivity index (χ1v) is 5.93. The Morgan fingerprint density at radius 3 is 2.60 bits per heavy atom. The molecular weight excluding hydrogens is 223 g/mol. The van der Waals surface area contributed by atoms with Crippen LogP contribution in [-0.2, 0) is 6.42 Å². The molecule has 0 bridgehead atoms. The third-order valence-corrected chi connectivity index (χ3v) is 3.56. The van der Waals surface area contributed by atoms with Crippen LogP contribution in [0.2, 0.25) is 0 Å². The second-order valence-corrected chi connectivity index (χ2v) is 4.88. The Morgan fingerprint density at radius 1 is 1.33 bits per heavy atom. The lowest BCUT2D eigenvalue weighted by atomic mass is 10.1. The van der Waals surface area contributed by atoms with E-state index in [0.29, 0.717) is 5.92 Å². The van der Waals surface area contributed by atoms with E-state index < -0.39 is 12.6 Å². The molecule has 2 rings (SSSR count). The maximum Gasteiger partial charge on any atom is 0.395 e. The van der Waals surface area contributed by atoms with E-state index in [4.69, 9.17) is 0 Å². The van der Waals surface area contributed by atoms with Crippen molar-refractivity contribution in [2.75, 3.05) is 0 Å². The molecule has 0 unspecified atom stereocenters. The van der Waals surface area contributed by atoms with Gasteiger partial charge in [0.2, 0.25) is 0 Å². The molecule has 1 heterocycles. The van der Waals surface area contributed by atoms with Crippen LogP contribution < -0.4 is 0 Å². The van der Waals surface area contributed by atoms with Gasteiger partial charge in [-0.2, -0.15) is 13.2 Å². The number of hydrogen-bond donors (Lipinski definition) is 0. The average molecular weight is 235 g/mol. The van der Waals surface area contributed by atoms with Crippen molar-refractivity contribution in [3.05, 3.63) is 16.1 Å². The first-order valence-electron chi connectivity index (χ1n) is 5.05. The van der Waals surface area contributed by atoms with Crippen LogP contribution in [0.3, 0.4) is 0 Å². The molecule has 0 saturated heterocycles. The fourth-order valence-electron chi connectivity index (χ4n) is 1.99. The van der Waals surface area contributed by atoms with E-state index in [2.05, 4.69) is 4.98 Å². The molecule has 0 aromatic carbocycles. The van der Waals surface area contributed by atoms with Gasteiger partial charge in [-0.3, -0.25) is 0 Å². The van der Waals surface area contributed by atoms with E-state index in [1.165, 1.54) is 12.8 Å². The smallest absolute Gasteiger partial charge is 0.246 e. The van der Waals surface area contributed by atoms with Crippen molar-refractivity contribution in [1.29, 1.82) is 0 Å². The summed E-state index contributed by atoms with van der Waals surface area (Å²) < 4.78 is 36.3. The van der Waals surface area contributed by atoms with Crippen LogP contribution in [0.15, 0.2) is 5.38 Å². The zero-order valence-corrected chi connectivity index (χ0v) is 9.00. The summed E-state index contributed by atoms with van der Waals surface area (Å²) in [6, 6.07) is 0. The topological polar surface area (TPSA) is 12.9 Å². The molecule has 1 saturated carbocycles. The van der Waals surface area contributed by atoms with Gasteiger partial charge < -0.3 is 0 Å². The summed E-state index contributed by atoms with van der Waals surface area (Å²) in [5.41, 5.74) is 0.872. The third kappa shape index (κ3) is 2.93. The monoisotopic (exact) mass is 235 g/mol. The van der Waals surface area contributed by atoms with Gasteiger partial charge in [0.1, 0.15) is 5.01 Å². The molecule has 5 heteroatoms. The molecule has 0 radical (unpaired) electrons. The fraction of sp³-hybridized carbons (Fsp3) is 0.700. The minimum atomic E-state index is -4.13. The molecule has 0 atom stereocenters. The van der Waals surface area contributed by atoms with Crippen LogP contribution in [-0.4, -0.2) is 11.2 Å². The summed E-state index contributed by atoms with van der Waals surface area (Å²) in [7, 11) is 0. The van der Waals surface area contributed by atoms with Crippen molar-refractivity contribution < 1.29 is 13.2 Å². The summed E-state index contributed by atoms with van der Waals surface area (Å²) in [6.07, 6.45) is -0.507. The van der Waals surface area contributed by atoms with Crippen LogP contribution in [0, 0.1) is 0 Å². The zero-order valence-electron chi connectivity index (χ0n) is 8.18. The van der Waals surface area contributed by atoms with Gasteiger partial charge in [-0.25, -0.2) is 4.98 Å². The summed E-state index contributed by atoms with van der Waals surface area (Å²) >= 11 is 1.13. The summed E-state index contributed by atoms with van der Waals surface area (Å²) in [5.74, 6) is 0.406. The van der Waals surface area contributed by atoms with E-state index in [1.807, 2.05) is 0 Å². The molecule has 0 N–H and O–H groups in total. The minimum Gasteiger partial charge on any atom is -0.246 e. The molecule has 1 aliphatic carbocycles. The van der Waals surface area contributed by atoms with Crippen molar-refractivity contribution in [2.45, 2.75) is 44.2 Å². The molecule has 15 heavy (non-hydrogen) atoms. The van der Waals surface area contributed by atoms with Crippen LogP contribution in [0.5, 0.6) is 0 Å². The van der Waals surface area contributed by atoms with E-state index >= 15 is 0 Å². The summed E-state index contributed by atoms with van der Waals surface area (Å²) in [5, 5.41) is 1.99. The highest BCUT2D eigenvalue weighted by atomic mass is 32.1. The number of nitrogens with zero attached hydrogens (tertiary/aromatic N) is 1. The molecular formula is C10H12F3NS. The van der Waals surface area contributed by atoms with Gasteiger partial charge in [0.15, 0.2) is 0 Å². The van der Waals surface area contributed by atoms with E-state index in [-0.39, 0.29) is 5.01 Å². The Hall–Kier alpha value is -0.580. The maximum absolute atomic E-state index is 12.1. The van der Waals surface area contributed by atoms with Gasteiger partial charge in [0.05, 0.1) is 12.1 Å². The molecule has 1 aromatic rings. The Bertz CT molecular complexity index is 326. The zero-order chi connectivity index (χ0) is 10.9. The highest BCUT2D eigenvalue weighted by Gasteiger charge is 2.30. The van der Waals surface area contributed by atoms with Crippen LogP contribution >= 0.6 is 11.3 Å². The molecule has 0 spiro atoms. The summed E-state index contributed by atoms with van der Waals surface area (Å²) in [6.45, 7) is 0. The molecule has 1 fully saturated rings. The van der Waals surface area contributed by atoms with Crippen molar-refractivity contribution in [3.8, 4) is 0 Å². The van der Waals surface area contributed by atoms with Gasteiger partial charge in [-0.1, -0.05) is 12.8 Å².